The Bertz CT molecular complexity index is 435. The van der Waals surface area contributed by atoms with E-state index < -0.39 is 0 Å². The number of hydrogen-bond donors (Lipinski definition) is 0. The summed E-state index contributed by atoms with van der Waals surface area (Å²) in [6, 6.07) is 5.90. The molecule has 0 heterocycles. The lowest BCUT2D eigenvalue weighted by atomic mass is 9.79. The van der Waals surface area contributed by atoms with Gasteiger partial charge in [-0.05, 0) is 42.7 Å². The zero-order valence-corrected chi connectivity index (χ0v) is 14.7. The minimum absolute atomic E-state index is 0.204. The van der Waals surface area contributed by atoms with Crippen LogP contribution in [0, 0.1) is 11.3 Å². The molecule has 0 saturated carbocycles. The summed E-state index contributed by atoms with van der Waals surface area (Å²) in [6.45, 7) is 6.70. The zero-order valence-electron chi connectivity index (χ0n) is 13.8. The molecule has 0 amide bonds. The molecule has 0 radical (unpaired) electrons. The fraction of sp³-hybridized carbons (Fsp3) is 0.647. The summed E-state index contributed by atoms with van der Waals surface area (Å²) in [5.41, 5.74) is 1.33. The predicted molar refractivity (Wildman–Crippen MR) is 87.9 cm³/mol. The molecule has 0 aliphatic heterocycles. The first kappa shape index (κ1) is 18.0. The first-order valence-electron chi connectivity index (χ1n) is 7.42. The molecule has 1 rings (SSSR count). The molecule has 0 N–H and O–H groups in total. The third-order valence-electron chi connectivity index (χ3n) is 3.87. The number of rotatable bonds is 9. The highest BCUT2D eigenvalue weighted by molar-refractivity contribution is 7.23. The van der Waals surface area contributed by atoms with Crippen molar-refractivity contribution in [2.24, 2.45) is 11.3 Å². The molecule has 21 heavy (non-hydrogen) atoms. The van der Waals surface area contributed by atoms with Gasteiger partial charge in [-0.15, -0.1) is 0 Å². The summed E-state index contributed by atoms with van der Waals surface area (Å²) in [4.78, 5) is 0. The van der Waals surface area contributed by atoms with Crippen LogP contribution >= 0.6 is 8.46 Å². The van der Waals surface area contributed by atoms with Crippen LogP contribution in [0.3, 0.4) is 0 Å². The van der Waals surface area contributed by atoms with Gasteiger partial charge in [0.25, 0.3) is 0 Å². The van der Waals surface area contributed by atoms with Gasteiger partial charge in [-0.25, -0.2) is 0 Å². The quantitative estimate of drug-likeness (QED) is 0.603. The van der Waals surface area contributed by atoms with Crippen LogP contribution in [0.2, 0.25) is 0 Å². The lowest BCUT2D eigenvalue weighted by Gasteiger charge is -2.28. The predicted octanol–water partition coefficient (Wildman–Crippen LogP) is 4.98. The summed E-state index contributed by atoms with van der Waals surface area (Å²) in [6.07, 6.45) is 3.77. The van der Waals surface area contributed by atoms with Gasteiger partial charge in [0.1, 0.15) is 11.5 Å². The molecule has 0 aromatic heterocycles. The molecule has 0 saturated heterocycles. The normalized spacial score (nSPS) is 13.2. The average molecular weight is 310 g/mol. The van der Waals surface area contributed by atoms with E-state index in [2.05, 4.69) is 20.8 Å². The van der Waals surface area contributed by atoms with Crippen LogP contribution in [-0.2, 0) is 11.0 Å². The number of hydrogen-bond acceptors (Lipinski definition) is 3. The third kappa shape index (κ3) is 5.67. The monoisotopic (exact) mass is 310 g/mol. The summed E-state index contributed by atoms with van der Waals surface area (Å²) in [7, 11) is 3.63. The molecule has 0 spiro atoms. The maximum atomic E-state index is 10.7. The Morgan fingerprint density at radius 2 is 1.76 bits per heavy atom. The van der Waals surface area contributed by atoms with E-state index in [1.807, 2.05) is 18.2 Å². The summed E-state index contributed by atoms with van der Waals surface area (Å²) in [5.74, 6) is 2.24. The van der Waals surface area contributed by atoms with Crippen LogP contribution in [-0.4, -0.2) is 20.4 Å². The minimum atomic E-state index is 0.204. The van der Waals surface area contributed by atoms with Gasteiger partial charge in [0.15, 0.2) is 8.46 Å². The van der Waals surface area contributed by atoms with Gasteiger partial charge in [-0.3, -0.25) is 4.57 Å². The molecule has 0 aliphatic rings. The van der Waals surface area contributed by atoms with Crippen molar-refractivity contribution >= 4 is 8.46 Å². The van der Waals surface area contributed by atoms with Crippen LogP contribution in [0.1, 0.15) is 39.2 Å². The van der Waals surface area contributed by atoms with E-state index in [9.17, 15) is 4.57 Å². The minimum Gasteiger partial charge on any atom is -0.496 e. The maximum absolute atomic E-state index is 10.7. The second kappa shape index (κ2) is 8.38. The van der Waals surface area contributed by atoms with Crippen LogP contribution in [0.4, 0.5) is 0 Å². The van der Waals surface area contributed by atoms with Crippen molar-refractivity contribution in [1.29, 1.82) is 0 Å². The number of methoxy groups -OCH3 is 2. The van der Waals surface area contributed by atoms with Crippen LogP contribution in [0.15, 0.2) is 18.2 Å². The summed E-state index contributed by atoms with van der Waals surface area (Å²) in [5, 5.41) is 0. The van der Waals surface area contributed by atoms with Crippen molar-refractivity contribution in [3.63, 3.8) is 0 Å². The second-order valence-corrected chi connectivity index (χ2v) is 7.05. The number of benzene rings is 1. The molecular weight excluding hydrogens is 283 g/mol. The molecule has 0 aliphatic carbocycles. The topological polar surface area (TPSA) is 35.5 Å². The SMILES string of the molecule is COc1cccc(OC)c1CCC(C)(C)CC(C)CP=O. The van der Waals surface area contributed by atoms with E-state index in [1.54, 1.807) is 14.2 Å². The van der Waals surface area contributed by atoms with Crippen molar-refractivity contribution in [3.05, 3.63) is 23.8 Å². The summed E-state index contributed by atoms with van der Waals surface area (Å²) < 4.78 is 21.6. The fourth-order valence-electron chi connectivity index (χ4n) is 2.87. The van der Waals surface area contributed by atoms with Crippen molar-refractivity contribution in [2.45, 2.75) is 40.0 Å². The molecule has 0 fully saturated rings. The molecule has 1 atom stereocenters. The van der Waals surface area contributed by atoms with Gasteiger partial charge >= 0.3 is 0 Å². The first-order valence-corrected chi connectivity index (χ1v) is 8.42. The molecule has 1 unspecified atom stereocenters. The Balaban J connectivity index is 2.75. The molecule has 118 valence electrons. The molecule has 1 aromatic carbocycles. The smallest absolute Gasteiger partial charge is 0.155 e. The Morgan fingerprint density at radius 3 is 2.24 bits per heavy atom. The molecule has 1 aromatic rings. The van der Waals surface area contributed by atoms with Gasteiger partial charge in [0.05, 0.1) is 14.2 Å². The highest BCUT2D eigenvalue weighted by atomic mass is 31.1. The van der Waals surface area contributed by atoms with E-state index in [-0.39, 0.29) is 13.9 Å². The van der Waals surface area contributed by atoms with E-state index in [0.717, 1.165) is 42.5 Å². The molecule has 4 heteroatoms. The average Bonchev–Trinajstić information content (AvgIpc) is 2.44. The first-order chi connectivity index (χ1) is 9.93. The van der Waals surface area contributed by atoms with Gasteiger partial charge in [-0.2, -0.15) is 0 Å². The lowest BCUT2D eigenvalue weighted by molar-refractivity contribution is 0.264. The summed E-state index contributed by atoms with van der Waals surface area (Å²) >= 11 is 0. The van der Waals surface area contributed by atoms with Crippen LogP contribution in [0.5, 0.6) is 11.5 Å². The van der Waals surface area contributed by atoms with Crippen molar-refractivity contribution in [1.82, 2.24) is 0 Å². The van der Waals surface area contributed by atoms with E-state index in [1.165, 1.54) is 0 Å². The Labute approximate surface area is 130 Å². The standard InChI is InChI=1S/C17H27O3P/c1-13(12-21-18)11-17(2,3)10-9-14-15(19-4)7-6-8-16(14)20-5/h6-8,13H,9-12H2,1-5H3. The van der Waals surface area contributed by atoms with Crippen LogP contribution < -0.4 is 9.47 Å². The number of ether oxygens (including phenoxy) is 2. The Kier molecular flexibility index (Phi) is 7.17. The highest BCUT2D eigenvalue weighted by Gasteiger charge is 2.22. The molecular formula is C17H27O3P. The Morgan fingerprint density at radius 1 is 1.19 bits per heavy atom. The van der Waals surface area contributed by atoms with Gasteiger partial charge in [0, 0.05) is 11.7 Å². The van der Waals surface area contributed by atoms with E-state index in [0.29, 0.717) is 5.92 Å². The maximum Gasteiger partial charge on any atom is 0.155 e. The van der Waals surface area contributed by atoms with Gasteiger partial charge in [-0.1, -0.05) is 26.8 Å². The Hall–Kier alpha value is -1.08. The van der Waals surface area contributed by atoms with E-state index >= 15 is 0 Å². The zero-order chi connectivity index (χ0) is 15.9. The van der Waals surface area contributed by atoms with Crippen molar-refractivity contribution in [2.75, 3.05) is 20.4 Å². The second-order valence-electron chi connectivity index (χ2n) is 6.43. The largest absolute Gasteiger partial charge is 0.496 e. The molecule has 0 bridgehead atoms. The van der Waals surface area contributed by atoms with E-state index in [4.69, 9.17) is 9.47 Å². The van der Waals surface area contributed by atoms with Crippen molar-refractivity contribution < 1.29 is 14.0 Å². The van der Waals surface area contributed by atoms with Gasteiger partial charge < -0.3 is 9.47 Å². The highest BCUT2D eigenvalue weighted by Crippen LogP contribution is 2.36. The van der Waals surface area contributed by atoms with Crippen LogP contribution in [0.25, 0.3) is 0 Å². The lowest BCUT2D eigenvalue weighted by Crippen LogP contribution is -2.17. The van der Waals surface area contributed by atoms with Crippen molar-refractivity contribution in [3.8, 4) is 11.5 Å². The fourth-order valence-corrected chi connectivity index (χ4v) is 3.26. The third-order valence-corrected chi connectivity index (χ3v) is 4.64. The molecule has 3 nitrogen and oxygen atoms in total. The van der Waals surface area contributed by atoms with Gasteiger partial charge in [0.2, 0.25) is 0 Å².